The lowest BCUT2D eigenvalue weighted by Crippen LogP contribution is -2.17. The lowest BCUT2D eigenvalue weighted by molar-refractivity contribution is -0.0604. The molecule has 0 spiro atoms. The molecule has 1 heterocycles. The van der Waals surface area contributed by atoms with Gasteiger partial charge in [-0.05, 0) is 18.6 Å². The number of nitrogens with zero attached hydrogens (tertiary/aromatic N) is 1. The van der Waals surface area contributed by atoms with Crippen molar-refractivity contribution in [1.29, 1.82) is 0 Å². The van der Waals surface area contributed by atoms with Crippen LogP contribution in [0.25, 0.3) is 0 Å². The van der Waals surface area contributed by atoms with Gasteiger partial charge in [-0.1, -0.05) is 64.7 Å². The molecule has 1 aliphatic rings. The summed E-state index contributed by atoms with van der Waals surface area (Å²) in [6.07, 6.45) is 21.5. The minimum Gasteiger partial charge on any atom is -0.388 e. The van der Waals surface area contributed by atoms with Crippen LogP contribution in [0.4, 0.5) is 0 Å². The molecule has 0 bridgehead atoms. The van der Waals surface area contributed by atoms with Crippen LogP contribution in [0.2, 0.25) is 0 Å². The highest BCUT2D eigenvalue weighted by molar-refractivity contribution is 5.01. The Kier molecular flexibility index (Phi) is 9.41. The molecule has 0 saturated heterocycles. The van der Waals surface area contributed by atoms with Gasteiger partial charge >= 0.3 is 0 Å². The average molecular weight is 251 g/mol. The molecule has 2 nitrogen and oxygen atoms in total. The summed E-state index contributed by atoms with van der Waals surface area (Å²) in [7, 11) is 0. The van der Waals surface area contributed by atoms with Crippen molar-refractivity contribution in [3.8, 4) is 0 Å². The first kappa shape index (κ1) is 15.1. The molecule has 0 unspecified atom stereocenters. The van der Waals surface area contributed by atoms with E-state index in [2.05, 4.69) is 6.92 Å². The number of unbranched alkanes of at least 4 members (excludes halogenated alkanes) is 9. The Balaban J connectivity index is 1.76. The van der Waals surface area contributed by atoms with Gasteiger partial charge in [0, 0.05) is 6.20 Å². The highest BCUT2D eigenvalue weighted by Crippen LogP contribution is 2.11. The van der Waals surface area contributed by atoms with E-state index in [1.807, 2.05) is 23.4 Å². The summed E-state index contributed by atoms with van der Waals surface area (Å²) in [5, 5.41) is 1.91. The second-order valence-electron chi connectivity index (χ2n) is 5.10. The number of allylic oxidation sites excluding steroid dienone is 2. The summed E-state index contributed by atoms with van der Waals surface area (Å²) in [4.78, 5) is 5.33. The van der Waals surface area contributed by atoms with Gasteiger partial charge in [0.2, 0.25) is 0 Å². The second kappa shape index (κ2) is 11.2. The highest BCUT2D eigenvalue weighted by Gasteiger charge is 1.99. The summed E-state index contributed by atoms with van der Waals surface area (Å²) in [6, 6.07) is 0. The third-order valence-corrected chi connectivity index (χ3v) is 3.37. The lowest BCUT2D eigenvalue weighted by atomic mass is 10.1. The van der Waals surface area contributed by atoms with Crippen LogP contribution in [0.1, 0.15) is 71.1 Å². The first-order valence-electron chi connectivity index (χ1n) is 7.70. The predicted octanol–water partition coefficient (Wildman–Crippen LogP) is 5.18. The molecule has 0 aromatic carbocycles. The Bertz CT molecular complexity index is 235. The van der Waals surface area contributed by atoms with Crippen molar-refractivity contribution in [2.24, 2.45) is 0 Å². The largest absolute Gasteiger partial charge is 0.388 e. The Morgan fingerprint density at radius 3 is 1.94 bits per heavy atom. The van der Waals surface area contributed by atoms with E-state index in [-0.39, 0.29) is 0 Å². The zero-order valence-corrected chi connectivity index (χ0v) is 11.9. The van der Waals surface area contributed by atoms with Crippen molar-refractivity contribution in [2.45, 2.75) is 71.1 Å². The monoisotopic (exact) mass is 251 g/mol. The topological polar surface area (TPSA) is 12.5 Å². The number of hydroxylamine groups is 2. The molecule has 0 aromatic rings. The third-order valence-electron chi connectivity index (χ3n) is 3.37. The van der Waals surface area contributed by atoms with Gasteiger partial charge in [-0.15, -0.1) is 0 Å². The van der Waals surface area contributed by atoms with Crippen molar-refractivity contribution < 1.29 is 4.84 Å². The fourth-order valence-electron chi connectivity index (χ4n) is 2.22. The molecular weight excluding hydrogens is 222 g/mol. The normalized spacial score (nSPS) is 13.9. The lowest BCUT2D eigenvalue weighted by Gasteiger charge is -2.19. The van der Waals surface area contributed by atoms with Crippen LogP contribution in [0.15, 0.2) is 24.6 Å². The standard InChI is InChI=1S/C16H29NO/c1-2-3-4-5-6-7-8-9-10-11-14-17-15-12-13-16-18-17/h12-13,15-16H,2-11,14H2,1H3. The van der Waals surface area contributed by atoms with Crippen LogP contribution >= 0.6 is 0 Å². The molecule has 1 rings (SSSR count). The average Bonchev–Trinajstić information content (AvgIpc) is 2.42. The second-order valence-corrected chi connectivity index (χ2v) is 5.10. The van der Waals surface area contributed by atoms with E-state index >= 15 is 0 Å². The van der Waals surface area contributed by atoms with Crippen LogP contribution in [-0.2, 0) is 4.84 Å². The molecule has 104 valence electrons. The first-order chi connectivity index (χ1) is 8.93. The molecule has 0 fully saturated rings. The molecule has 0 radical (unpaired) electrons. The fraction of sp³-hybridized carbons (Fsp3) is 0.750. The van der Waals surface area contributed by atoms with Crippen LogP contribution < -0.4 is 0 Å². The molecule has 0 atom stereocenters. The summed E-state index contributed by atoms with van der Waals surface area (Å²) in [5.41, 5.74) is 0. The van der Waals surface area contributed by atoms with E-state index in [0.29, 0.717) is 0 Å². The van der Waals surface area contributed by atoms with Crippen LogP contribution in [-0.4, -0.2) is 11.6 Å². The molecule has 0 saturated carbocycles. The van der Waals surface area contributed by atoms with Gasteiger partial charge in [0.1, 0.15) is 6.26 Å². The van der Waals surface area contributed by atoms with Gasteiger partial charge in [-0.2, -0.15) is 0 Å². The maximum Gasteiger partial charge on any atom is 0.119 e. The molecule has 2 heteroatoms. The van der Waals surface area contributed by atoms with E-state index in [1.54, 1.807) is 6.26 Å². The molecule has 1 aliphatic heterocycles. The zero-order chi connectivity index (χ0) is 12.9. The summed E-state index contributed by atoms with van der Waals surface area (Å²) >= 11 is 0. The first-order valence-corrected chi connectivity index (χ1v) is 7.70. The van der Waals surface area contributed by atoms with Crippen molar-refractivity contribution in [3.05, 3.63) is 24.6 Å². The van der Waals surface area contributed by atoms with Crippen molar-refractivity contribution in [1.82, 2.24) is 5.06 Å². The SMILES string of the molecule is CCCCCCCCCCCCN1C=CC=CO1. The molecular formula is C16H29NO. The van der Waals surface area contributed by atoms with Gasteiger partial charge in [0.15, 0.2) is 0 Å². The quantitative estimate of drug-likeness (QED) is 0.469. The summed E-state index contributed by atoms with van der Waals surface area (Å²) in [5.74, 6) is 0. The van der Waals surface area contributed by atoms with Gasteiger partial charge in [-0.25, -0.2) is 5.06 Å². The molecule has 0 N–H and O–H groups in total. The number of rotatable bonds is 11. The fourth-order valence-corrected chi connectivity index (χ4v) is 2.22. The van der Waals surface area contributed by atoms with Gasteiger partial charge in [0.05, 0.1) is 6.54 Å². The van der Waals surface area contributed by atoms with Crippen LogP contribution in [0.3, 0.4) is 0 Å². The summed E-state index contributed by atoms with van der Waals surface area (Å²) < 4.78 is 0. The van der Waals surface area contributed by atoms with E-state index in [1.165, 1.54) is 64.2 Å². The van der Waals surface area contributed by atoms with Crippen molar-refractivity contribution in [2.75, 3.05) is 6.54 Å². The Morgan fingerprint density at radius 1 is 0.778 bits per heavy atom. The predicted molar refractivity (Wildman–Crippen MR) is 77.9 cm³/mol. The number of hydrogen-bond donors (Lipinski definition) is 0. The van der Waals surface area contributed by atoms with Crippen LogP contribution in [0, 0.1) is 0 Å². The van der Waals surface area contributed by atoms with E-state index < -0.39 is 0 Å². The molecule has 0 aliphatic carbocycles. The van der Waals surface area contributed by atoms with Crippen molar-refractivity contribution >= 4 is 0 Å². The smallest absolute Gasteiger partial charge is 0.119 e. The van der Waals surface area contributed by atoms with E-state index in [9.17, 15) is 0 Å². The van der Waals surface area contributed by atoms with E-state index in [0.717, 1.165) is 6.54 Å². The molecule has 18 heavy (non-hydrogen) atoms. The summed E-state index contributed by atoms with van der Waals surface area (Å²) in [6.45, 7) is 3.29. The van der Waals surface area contributed by atoms with Gasteiger partial charge in [0.25, 0.3) is 0 Å². The Morgan fingerprint density at radius 2 is 1.39 bits per heavy atom. The Labute approximate surface area is 113 Å². The van der Waals surface area contributed by atoms with E-state index in [4.69, 9.17) is 4.84 Å². The zero-order valence-electron chi connectivity index (χ0n) is 11.9. The van der Waals surface area contributed by atoms with Gasteiger partial charge in [-0.3, -0.25) is 0 Å². The molecule has 0 amide bonds. The minimum absolute atomic E-state index is 1.01. The third kappa shape index (κ3) is 8.21. The minimum atomic E-state index is 1.01. The van der Waals surface area contributed by atoms with Gasteiger partial charge < -0.3 is 4.84 Å². The van der Waals surface area contributed by atoms with Crippen LogP contribution in [0.5, 0.6) is 0 Å². The Hall–Kier alpha value is -0.920. The maximum absolute atomic E-state index is 5.33. The number of hydrogen-bond acceptors (Lipinski definition) is 2. The van der Waals surface area contributed by atoms with Crippen molar-refractivity contribution in [3.63, 3.8) is 0 Å². The maximum atomic E-state index is 5.33. The highest BCUT2D eigenvalue weighted by atomic mass is 16.7. The molecule has 0 aromatic heterocycles.